The Hall–Kier alpha value is -2.14. The molecule has 0 radical (unpaired) electrons. The molecule has 0 aromatic carbocycles. The van der Waals surface area contributed by atoms with Crippen LogP contribution >= 0.6 is 0 Å². The van der Waals surface area contributed by atoms with Crippen molar-refractivity contribution in [2.45, 2.75) is 120 Å². The molecule has 5 heteroatoms. The Morgan fingerprint density at radius 2 is 1.50 bits per heavy atom. The van der Waals surface area contributed by atoms with E-state index in [1.807, 2.05) is 46.8 Å². The summed E-state index contributed by atoms with van der Waals surface area (Å²) in [5.74, 6) is -3.34. The van der Waals surface area contributed by atoms with Gasteiger partial charge >= 0.3 is 0 Å². The number of carbonyl (C=O) groups is 4. The minimum absolute atomic E-state index is 0.0931. The van der Waals surface area contributed by atoms with E-state index in [0.29, 0.717) is 12.8 Å². The van der Waals surface area contributed by atoms with Gasteiger partial charge in [0.1, 0.15) is 0 Å². The van der Waals surface area contributed by atoms with E-state index in [2.05, 4.69) is 19.9 Å². The zero-order valence-corrected chi connectivity index (χ0v) is 26.8. The van der Waals surface area contributed by atoms with Crippen molar-refractivity contribution in [3.05, 3.63) is 34.9 Å². The number of carbonyl (C=O) groups excluding carboxylic acids is 4. The van der Waals surface area contributed by atoms with E-state index >= 15 is 9.59 Å². The Kier molecular flexibility index (Phi) is 8.58. The first kappa shape index (κ1) is 32.4. The van der Waals surface area contributed by atoms with Crippen molar-refractivity contribution in [1.82, 2.24) is 0 Å². The molecule has 0 amide bonds. The van der Waals surface area contributed by atoms with Crippen LogP contribution in [-0.2, 0) is 19.2 Å². The molecular formula is C35H52O5. The number of aliphatic hydroxyl groups is 1. The van der Waals surface area contributed by atoms with Gasteiger partial charge < -0.3 is 5.11 Å². The molecule has 4 saturated carbocycles. The lowest BCUT2D eigenvalue weighted by atomic mass is 9.36. The second kappa shape index (κ2) is 10.6. The zero-order valence-electron chi connectivity index (χ0n) is 26.8. The highest BCUT2D eigenvalue weighted by Gasteiger charge is 2.84. The number of Topliss-reactive ketones (excluding diaryl/α,β-unsaturated/α-hetero) is 4. The quantitative estimate of drug-likeness (QED) is 0.229. The fourth-order valence-corrected chi connectivity index (χ4v) is 8.23. The van der Waals surface area contributed by atoms with Crippen LogP contribution in [0.25, 0.3) is 0 Å². The summed E-state index contributed by atoms with van der Waals surface area (Å²) < 4.78 is 0. The number of ketones is 4. The van der Waals surface area contributed by atoms with Gasteiger partial charge in [0.15, 0.2) is 28.5 Å². The van der Waals surface area contributed by atoms with Crippen LogP contribution in [0.4, 0.5) is 0 Å². The smallest absolute Gasteiger partial charge is 0.168 e. The topological polar surface area (TPSA) is 88.5 Å². The summed E-state index contributed by atoms with van der Waals surface area (Å²) >= 11 is 0. The Morgan fingerprint density at radius 1 is 0.925 bits per heavy atom. The van der Waals surface area contributed by atoms with Gasteiger partial charge in [-0.05, 0) is 98.3 Å². The van der Waals surface area contributed by atoms with E-state index in [0.717, 1.165) is 24.0 Å². The van der Waals surface area contributed by atoms with Crippen molar-refractivity contribution in [3.8, 4) is 0 Å². The maximum absolute atomic E-state index is 15.2. The van der Waals surface area contributed by atoms with Crippen molar-refractivity contribution in [1.29, 1.82) is 0 Å². The predicted octanol–water partition coefficient (Wildman–Crippen LogP) is 7.17. The monoisotopic (exact) mass is 552 g/mol. The van der Waals surface area contributed by atoms with Gasteiger partial charge in [0, 0.05) is 11.8 Å². The summed E-state index contributed by atoms with van der Waals surface area (Å²) in [5, 5.41) is 11.6. The molecule has 1 N–H and O–H groups in total. The number of rotatable bonds is 10. The molecule has 0 aliphatic heterocycles. The Bertz CT molecular complexity index is 1180. The van der Waals surface area contributed by atoms with Crippen LogP contribution in [0, 0.1) is 39.4 Å². The lowest BCUT2D eigenvalue weighted by Gasteiger charge is -2.61. The molecule has 0 saturated heterocycles. The minimum atomic E-state index is -1.92. The van der Waals surface area contributed by atoms with E-state index in [9.17, 15) is 14.7 Å². The average Bonchev–Trinajstić information content (AvgIpc) is 2.95. The molecule has 40 heavy (non-hydrogen) atoms. The molecule has 4 fully saturated rings. The maximum atomic E-state index is 15.2. The maximum Gasteiger partial charge on any atom is 0.168 e. The molecule has 4 aliphatic carbocycles. The lowest BCUT2D eigenvalue weighted by molar-refractivity contribution is -0.191. The van der Waals surface area contributed by atoms with E-state index in [-0.39, 0.29) is 30.3 Å². The first-order chi connectivity index (χ1) is 18.2. The van der Waals surface area contributed by atoms with Crippen molar-refractivity contribution in [2.75, 3.05) is 0 Å². The normalized spacial score (nSPS) is 33.3. The van der Waals surface area contributed by atoms with Crippen LogP contribution in [0.15, 0.2) is 34.9 Å². The lowest BCUT2D eigenvalue weighted by Crippen LogP contribution is -2.76. The minimum Gasteiger partial charge on any atom is -0.390 e. The van der Waals surface area contributed by atoms with Gasteiger partial charge in [-0.2, -0.15) is 0 Å². The predicted molar refractivity (Wildman–Crippen MR) is 160 cm³/mol. The molecule has 5 atom stereocenters. The second-order valence-corrected chi connectivity index (χ2v) is 14.9. The first-order valence-electron chi connectivity index (χ1n) is 15.1. The van der Waals surface area contributed by atoms with Crippen molar-refractivity contribution in [2.24, 2.45) is 39.4 Å². The van der Waals surface area contributed by atoms with Gasteiger partial charge in [0.05, 0.1) is 16.4 Å². The Balaban J connectivity index is 2.40. The summed E-state index contributed by atoms with van der Waals surface area (Å²) in [5.41, 5.74) is -4.11. The number of fused-ring (bicyclic) bond motifs is 1. The van der Waals surface area contributed by atoms with E-state index in [1.54, 1.807) is 27.7 Å². The van der Waals surface area contributed by atoms with Crippen molar-refractivity contribution in [3.63, 3.8) is 0 Å². The third-order valence-electron chi connectivity index (χ3n) is 10.5. The average molecular weight is 553 g/mol. The molecule has 222 valence electrons. The van der Waals surface area contributed by atoms with Crippen LogP contribution in [0.5, 0.6) is 0 Å². The van der Waals surface area contributed by atoms with Crippen LogP contribution in [0.3, 0.4) is 0 Å². The van der Waals surface area contributed by atoms with Crippen LogP contribution in [0.1, 0.15) is 115 Å². The number of hydrogen-bond donors (Lipinski definition) is 1. The molecular weight excluding hydrogens is 500 g/mol. The van der Waals surface area contributed by atoms with Crippen molar-refractivity contribution >= 4 is 23.1 Å². The summed E-state index contributed by atoms with van der Waals surface area (Å²) in [6.45, 7) is 20.6. The van der Waals surface area contributed by atoms with Gasteiger partial charge in [-0.1, -0.05) is 62.6 Å². The fourth-order valence-electron chi connectivity index (χ4n) is 8.23. The highest BCUT2D eigenvalue weighted by atomic mass is 16.3. The third-order valence-corrected chi connectivity index (χ3v) is 10.5. The van der Waals surface area contributed by atoms with Crippen LogP contribution in [0.2, 0.25) is 0 Å². The molecule has 4 bridgehead atoms. The molecule has 0 heterocycles. The Morgan fingerprint density at radius 3 is 2.00 bits per heavy atom. The SMILES string of the molecule is CC(C)=CCC/C(C)=C/C[C@@]12C[C@@H]3C[C@H](C(C)(C)O)[C@](CC=C(C)C)(C1=O)C(=O)[C@](C(=O)C(C)C)(C2=O)C3(C)C. The van der Waals surface area contributed by atoms with Gasteiger partial charge in [-0.25, -0.2) is 0 Å². The molecule has 0 aromatic rings. The largest absolute Gasteiger partial charge is 0.390 e. The molecule has 0 aromatic heterocycles. The Labute approximate surface area is 242 Å². The number of hydrogen-bond acceptors (Lipinski definition) is 5. The van der Waals surface area contributed by atoms with Crippen LogP contribution < -0.4 is 0 Å². The summed E-state index contributed by atoms with van der Waals surface area (Å²) in [6, 6.07) is 0. The van der Waals surface area contributed by atoms with E-state index in [4.69, 9.17) is 0 Å². The standard InChI is InChI=1S/C35H52O5/c1-21(2)13-12-14-24(7)16-17-33-20-25-19-26(32(10,11)40)34(28(33)37,18-15-22(3)4)30(39)35(29(33)38,31(25,8)9)27(36)23(5)6/h13,15-16,23,25-26,40H,12,14,17-20H2,1-11H3/b24-16+/t25-,26+,33+,34+,35-/m0/s1. The molecule has 0 spiro atoms. The highest BCUT2D eigenvalue weighted by molar-refractivity contribution is 6.40. The first-order valence-corrected chi connectivity index (χ1v) is 15.1. The molecule has 4 aliphatic rings. The third kappa shape index (κ3) is 4.55. The second-order valence-electron chi connectivity index (χ2n) is 14.9. The van der Waals surface area contributed by atoms with Crippen LogP contribution in [-0.4, -0.2) is 33.8 Å². The van der Waals surface area contributed by atoms with Gasteiger partial charge in [0.25, 0.3) is 0 Å². The molecule has 5 nitrogen and oxygen atoms in total. The van der Waals surface area contributed by atoms with E-state index < -0.39 is 50.7 Å². The molecule has 0 unspecified atom stereocenters. The highest BCUT2D eigenvalue weighted by Crippen LogP contribution is 2.72. The van der Waals surface area contributed by atoms with E-state index in [1.165, 1.54) is 5.57 Å². The van der Waals surface area contributed by atoms with Gasteiger partial charge in [0.2, 0.25) is 0 Å². The van der Waals surface area contributed by atoms with Gasteiger partial charge in [-0.3, -0.25) is 19.2 Å². The summed E-state index contributed by atoms with van der Waals surface area (Å²) in [7, 11) is 0. The van der Waals surface area contributed by atoms with Crippen molar-refractivity contribution < 1.29 is 24.3 Å². The number of allylic oxidation sites excluding steroid dienone is 6. The zero-order chi connectivity index (χ0) is 30.6. The summed E-state index contributed by atoms with van der Waals surface area (Å²) in [4.78, 5) is 59.5. The molecule has 4 rings (SSSR count). The van der Waals surface area contributed by atoms with Gasteiger partial charge in [-0.15, -0.1) is 0 Å². The fraction of sp³-hybridized carbons (Fsp3) is 0.714. The summed E-state index contributed by atoms with van der Waals surface area (Å²) in [6.07, 6.45) is 8.73.